The van der Waals surface area contributed by atoms with Crippen molar-refractivity contribution in [3.05, 3.63) is 82.4 Å². The van der Waals surface area contributed by atoms with Crippen molar-refractivity contribution in [3.63, 3.8) is 0 Å². The zero-order chi connectivity index (χ0) is 34.8. The SMILES string of the molecule is CCOc1c(CC(N)=O)cc([C@@](O)(CNC(=O)c2cc(OC(F)F)c3ncc(C)cc3c2)C(F)(F)F)nc1-c1cc(F)c(F)cc1F. The Kier molecular flexibility index (Phi) is 9.89. The number of aromatic nitrogens is 2. The number of alkyl halides is 5. The number of nitrogens with two attached hydrogens (primary N) is 1. The maximum Gasteiger partial charge on any atom is 0.424 e. The molecule has 4 aromatic rings. The smallest absolute Gasteiger partial charge is 0.424 e. The molecule has 9 nitrogen and oxygen atoms in total. The molecule has 0 unspecified atom stereocenters. The van der Waals surface area contributed by atoms with E-state index < -0.39 is 100 Å². The number of nitrogens with zero attached hydrogens (tertiary/aromatic N) is 2. The van der Waals surface area contributed by atoms with Crippen molar-refractivity contribution < 1.29 is 59.3 Å². The zero-order valence-corrected chi connectivity index (χ0v) is 24.3. The molecule has 1 atom stereocenters. The molecule has 0 spiro atoms. The largest absolute Gasteiger partial charge is 0.491 e. The number of nitrogens with one attached hydrogen (secondary N) is 1. The van der Waals surface area contributed by atoms with Gasteiger partial charge in [0, 0.05) is 34.3 Å². The molecular formula is C30H24F8N4O5. The summed E-state index contributed by atoms with van der Waals surface area (Å²) in [5.41, 5.74) is -2.31. The molecule has 2 aromatic carbocycles. The second-order valence-corrected chi connectivity index (χ2v) is 10.1. The molecular weight excluding hydrogens is 648 g/mol. The van der Waals surface area contributed by atoms with Crippen molar-refractivity contribution in [3.8, 4) is 22.8 Å². The number of hydrogen-bond donors (Lipinski definition) is 3. The minimum atomic E-state index is -5.64. The minimum Gasteiger partial charge on any atom is -0.491 e. The fourth-order valence-electron chi connectivity index (χ4n) is 4.60. The number of benzene rings is 2. The van der Waals surface area contributed by atoms with Gasteiger partial charge in [-0.1, -0.05) is 0 Å². The standard InChI is InChI=1S/C30H24F8N4O5/c1-3-46-26-15(8-23(39)43)7-22(42-25(26)17-9-19(32)20(33)10-18(17)31)29(45,30(36,37)38)12-41-27(44)16-5-14-4-13(2)11-40-24(14)21(6-16)47-28(34)35/h4-7,9-11,28,45H,3,8,12H2,1-2H3,(H2,39,43)(H,41,44)/t29-/m0/s1. The van der Waals surface area contributed by atoms with E-state index in [0.717, 1.165) is 12.1 Å². The molecule has 2 aromatic heterocycles. The summed E-state index contributed by atoms with van der Waals surface area (Å²) in [5, 5.41) is 13.1. The van der Waals surface area contributed by atoms with Crippen LogP contribution in [0.15, 0.2) is 42.6 Å². The lowest BCUT2D eigenvalue weighted by Crippen LogP contribution is -2.51. The molecule has 2 heterocycles. The van der Waals surface area contributed by atoms with Gasteiger partial charge in [0.05, 0.1) is 25.3 Å². The van der Waals surface area contributed by atoms with E-state index in [-0.39, 0.29) is 29.6 Å². The summed E-state index contributed by atoms with van der Waals surface area (Å²) in [6.07, 6.45) is -5.13. The van der Waals surface area contributed by atoms with Crippen LogP contribution in [0.2, 0.25) is 0 Å². The second-order valence-electron chi connectivity index (χ2n) is 10.1. The van der Waals surface area contributed by atoms with Crippen molar-refractivity contribution in [2.24, 2.45) is 5.73 Å². The molecule has 250 valence electrons. The summed E-state index contributed by atoms with van der Waals surface area (Å²) >= 11 is 0. The van der Waals surface area contributed by atoms with Crippen molar-refractivity contribution >= 4 is 22.7 Å². The summed E-state index contributed by atoms with van der Waals surface area (Å²) in [6, 6.07) is 4.37. The summed E-state index contributed by atoms with van der Waals surface area (Å²) in [4.78, 5) is 32.6. The molecule has 0 aliphatic heterocycles. The van der Waals surface area contributed by atoms with Crippen LogP contribution in [0.25, 0.3) is 22.2 Å². The number of fused-ring (bicyclic) bond motifs is 1. The Morgan fingerprint density at radius 1 is 1.02 bits per heavy atom. The van der Waals surface area contributed by atoms with Gasteiger partial charge < -0.3 is 25.6 Å². The summed E-state index contributed by atoms with van der Waals surface area (Å²) < 4.78 is 123. The number of aliphatic hydroxyl groups is 1. The average molecular weight is 673 g/mol. The number of carbonyl (C=O) groups is 2. The highest BCUT2D eigenvalue weighted by Crippen LogP contribution is 2.42. The predicted molar refractivity (Wildman–Crippen MR) is 149 cm³/mol. The summed E-state index contributed by atoms with van der Waals surface area (Å²) in [6.45, 7) is -2.21. The van der Waals surface area contributed by atoms with Crippen LogP contribution >= 0.6 is 0 Å². The van der Waals surface area contributed by atoms with Crippen LogP contribution in [0.3, 0.4) is 0 Å². The molecule has 4 rings (SSSR count). The van der Waals surface area contributed by atoms with Gasteiger partial charge in [0.1, 0.15) is 22.8 Å². The normalized spacial score (nSPS) is 13.0. The first-order valence-corrected chi connectivity index (χ1v) is 13.5. The maximum atomic E-state index is 14.9. The van der Waals surface area contributed by atoms with Gasteiger partial charge in [-0.25, -0.2) is 18.2 Å². The third-order valence-corrected chi connectivity index (χ3v) is 6.73. The Morgan fingerprint density at radius 3 is 2.32 bits per heavy atom. The van der Waals surface area contributed by atoms with E-state index in [2.05, 4.69) is 14.7 Å². The topological polar surface area (TPSA) is 137 Å². The van der Waals surface area contributed by atoms with Crippen LogP contribution in [0.1, 0.15) is 34.1 Å². The van der Waals surface area contributed by atoms with Gasteiger partial charge >= 0.3 is 12.8 Å². The van der Waals surface area contributed by atoms with Crippen LogP contribution in [0.5, 0.6) is 11.5 Å². The van der Waals surface area contributed by atoms with Crippen LogP contribution in [0.4, 0.5) is 35.1 Å². The average Bonchev–Trinajstić information content (AvgIpc) is 2.97. The maximum absolute atomic E-state index is 14.9. The van der Waals surface area contributed by atoms with E-state index in [0.29, 0.717) is 11.6 Å². The number of amides is 2. The van der Waals surface area contributed by atoms with Gasteiger partial charge in [-0.2, -0.15) is 22.0 Å². The van der Waals surface area contributed by atoms with Crippen molar-refractivity contribution in [1.29, 1.82) is 0 Å². The van der Waals surface area contributed by atoms with Gasteiger partial charge in [0.2, 0.25) is 11.5 Å². The van der Waals surface area contributed by atoms with E-state index >= 15 is 0 Å². The third-order valence-electron chi connectivity index (χ3n) is 6.73. The van der Waals surface area contributed by atoms with Crippen LogP contribution in [-0.4, -0.2) is 52.8 Å². The molecule has 4 N–H and O–H groups in total. The van der Waals surface area contributed by atoms with E-state index in [1.54, 1.807) is 6.92 Å². The van der Waals surface area contributed by atoms with E-state index in [1.807, 2.05) is 5.32 Å². The highest BCUT2D eigenvalue weighted by molar-refractivity contribution is 6.00. The fraction of sp³-hybridized carbons (Fsp3) is 0.267. The lowest BCUT2D eigenvalue weighted by atomic mass is 9.93. The lowest BCUT2D eigenvalue weighted by Gasteiger charge is -2.31. The van der Waals surface area contributed by atoms with E-state index in [9.17, 15) is 49.8 Å². The molecule has 0 fully saturated rings. The molecule has 47 heavy (non-hydrogen) atoms. The number of hydrogen-bond acceptors (Lipinski definition) is 7. The quantitative estimate of drug-likeness (QED) is 0.147. The molecule has 0 saturated carbocycles. The highest BCUT2D eigenvalue weighted by atomic mass is 19.4. The molecule has 2 amide bonds. The molecule has 0 radical (unpaired) electrons. The first-order chi connectivity index (χ1) is 21.9. The summed E-state index contributed by atoms with van der Waals surface area (Å²) in [5.74, 6) is -8.18. The van der Waals surface area contributed by atoms with Crippen molar-refractivity contribution in [2.75, 3.05) is 13.2 Å². The van der Waals surface area contributed by atoms with Crippen LogP contribution < -0.4 is 20.5 Å². The Hall–Kier alpha value is -5.06. The fourth-order valence-corrected chi connectivity index (χ4v) is 4.60. The number of pyridine rings is 2. The minimum absolute atomic E-state index is 0.0724. The van der Waals surface area contributed by atoms with Crippen LogP contribution in [-0.2, 0) is 16.8 Å². The predicted octanol–water partition coefficient (Wildman–Crippen LogP) is 5.23. The molecule has 0 aliphatic carbocycles. The van der Waals surface area contributed by atoms with Gasteiger partial charge in [0.15, 0.2) is 17.4 Å². The molecule has 0 bridgehead atoms. The molecule has 17 heteroatoms. The Labute approximate surface area is 260 Å². The number of rotatable bonds is 11. The zero-order valence-electron chi connectivity index (χ0n) is 24.3. The third kappa shape index (κ3) is 7.34. The first kappa shape index (κ1) is 34.8. The van der Waals surface area contributed by atoms with Crippen LogP contribution in [0, 0.1) is 24.4 Å². The van der Waals surface area contributed by atoms with Gasteiger partial charge in [0.25, 0.3) is 5.91 Å². The first-order valence-electron chi connectivity index (χ1n) is 13.5. The Bertz CT molecular complexity index is 1850. The number of ether oxygens (including phenoxy) is 2. The van der Waals surface area contributed by atoms with Crippen molar-refractivity contribution in [1.82, 2.24) is 15.3 Å². The Balaban J connectivity index is 1.85. The second kappa shape index (κ2) is 13.4. The number of carbonyl (C=O) groups excluding carboxylic acids is 2. The Morgan fingerprint density at radius 2 is 1.70 bits per heavy atom. The van der Waals surface area contributed by atoms with E-state index in [4.69, 9.17) is 10.5 Å². The molecule has 0 saturated heterocycles. The lowest BCUT2D eigenvalue weighted by molar-refractivity contribution is -0.265. The van der Waals surface area contributed by atoms with Crippen molar-refractivity contribution in [2.45, 2.75) is 38.7 Å². The van der Waals surface area contributed by atoms with E-state index in [1.165, 1.54) is 19.2 Å². The van der Waals surface area contributed by atoms with Gasteiger partial charge in [-0.05, 0) is 49.7 Å². The van der Waals surface area contributed by atoms with Gasteiger partial charge in [-0.15, -0.1) is 0 Å². The highest BCUT2D eigenvalue weighted by Gasteiger charge is 2.57. The number of aryl methyl sites for hydroxylation is 1. The monoisotopic (exact) mass is 672 g/mol. The van der Waals surface area contributed by atoms with Gasteiger partial charge in [-0.3, -0.25) is 14.6 Å². The molecule has 0 aliphatic rings. The number of primary amides is 1. The number of halogens is 8. The summed E-state index contributed by atoms with van der Waals surface area (Å²) in [7, 11) is 0.